The monoisotopic (exact) mass is 138 g/mol. The maximum atomic E-state index is 8.37. The average molecular weight is 138 g/mol. The summed E-state index contributed by atoms with van der Waals surface area (Å²) in [6, 6.07) is 2.06. The number of rotatable bonds is 4. The summed E-state index contributed by atoms with van der Waals surface area (Å²) in [5, 5.41) is 11.4. The lowest BCUT2D eigenvalue weighted by Gasteiger charge is -2.04. The lowest BCUT2D eigenvalue weighted by molar-refractivity contribution is 0.639. The van der Waals surface area contributed by atoms with E-state index in [1.165, 1.54) is 0 Å². The Labute approximate surface area is 62.5 Å². The molecule has 0 aromatic heterocycles. The second kappa shape index (κ2) is 5.01. The van der Waals surface area contributed by atoms with E-state index in [0.29, 0.717) is 0 Å². The molecule has 0 spiro atoms. The SMILES string of the molecule is C=C(C)CCNC(C)C#N. The van der Waals surface area contributed by atoms with Gasteiger partial charge in [0, 0.05) is 6.54 Å². The van der Waals surface area contributed by atoms with Crippen molar-refractivity contribution in [2.75, 3.05) is 6.54 Å². The molecule has 0 heterocycles. The van der Waals surface area contributed by atoms with E-state index < -0.39 is 0 Å². The van der Waals surface area contributed by atoms with E-state index in [9.17, 15) is 0 Å². The zero-order valence-electron chi connectivity index (χ0n) is 6.65. The van der Waals surface area contributed by atoms with Gasteiger partial charge in [0.1, 0.15) is 0 Å². The molecule has 0 fully saturated rings. The smallest absolute Gasteiger partial charge is 0.0924 e. The van der Waals surface area contributed by atoms with Crippen LogP contribution >= 0.6 is 0 Å². The molecule has 0 amide bonds. The highest BCUT2D eigenvalue weighted by atomic mass is 14.9. The lowest BCUT2D eigenvalue weighted by atomic mass is 10.2. The first-order chi connectivity index (χ1) is 4.66. The minimum atomic E-state index is -0.0423. The Bertz CT molecular complexity index is 144. The van der Waals surface area contributed by atoms with Gasteiger partial charge in [0.25, 0.3) is 0 Å². The number of nitrogens with zero attached hydrogens (tertiary/aromatic N) is 1. The highest BCUT2D eigenvalue weighted by Gasteiger charge is 1.95. The molecular weight excluding hydrogens is 124 g/mol. The van der Waals surface area contributed by atoms with Crippen molar-refractivity contribution in [3.63, 3.8) is 0 Å². The highest BCUT2D eigenvalue weighted by molar-refractivity contribution is 4.91. The van der Waals surface area contributed by atoms with Crippen molar-refractivity contribution in [3.05, 3.63) is 12.2 Å². The third-order valence-electron chi connectivity index (χ3n) is 1.20. The second-order valence-electron chi connectivity index (χ2n) is 2.51. The molecule has 0 aromatic carbocycles. The summed E-state index contributed by atoms with van der Waals surface area (Å²) in [5.74, 6) is 0. The Morgan fingerprint density at radius 1 is 1.80 bits per heavy atom. The van der Waals surface area contributed by atoms with Gasteiger partial charge in [0.05, 0.1) is 12.1 Å². The van der Waals surface area contributed by atoms with E-state index in [4.69, 9.17) is 5.26 Å². The van der Waals surface area contributed by atoms with Crippen LogP contribution in [0.5, 0.6) is 0 Å². The fraction of sp³-hybridized carbons (Fsp3) is 0.625. The van der Waals surface area contributed by atoms with Gasteiger partial charge in [-0.1, -0.05) is 5.57 Å². The van der Waals surface area contributed by atoms with Crippen molar-refractivity contribution in [2.24, 2.45) is 0 Å². The van der Waals surface area contributed by atoms with Crippen LogP contribution < -0.4 is 5.32 Å². The third kappa shape index (κ3) is 5.33. The van der Waals surface area contributed by atoms with Crippen LogP contribution in [0.3, 0.4) is 0 Å². The van der Waals surface area contributed by atoms with Gasteiger partial charge >= 0.3 is 0 Å². The van der Waals surface area contributed by atoms with Crippen LogP contribution in [0.15, 0.2) is 12.2 Å². The zero-order chi connectivity index (χ0) is 7.98. The van der Waals surface area contributed by atoms with Gasteiger partial charge in [-0.2, -0.15) is 5.26 Å². The minimum Gasteiger partial charge on any atom is -0.302 e. The van der Waals surface area contributed by atoms with E-state index in [-0.39, 0.29) is 6.04 Å². The Kier molecular flexibility index (Phi) is 4.61. The van der Waals surface area contributed by atoms with Crippen molar-refractivity contribution >= 4 is 0 Å². The molecule has 0 rings (SSSR count). The van der Waals surface area contributed by atoms with Crippen molar-refractivity contribution in [2.45, 2.75) is 26.3 Å². The van der Waals surface area contributed by atoms with Crippen LogP contribution in [0.2, 0.25) is 0 Å². The molecule has 0 saturated carbocycles. The van der Waals surface area contributed by atoms with Crippen LogP contribution in [0.25, 0.3) is 0 Å². The Morgan fingerprint density at radius 3 is 2.80 bits per heavy atom. The minimum absolute atomic E-state index is 0.0423. The zero-order valence-corrected chi connectivity index (χ0v) is 6.65. The molecule has 0 aromatic rings. The van der Waals surface area contributed by atoms with Crippen molar-refractivity contribution in [1.29, 1.82) is 5.26 Å². The van der Waals surface area contributed by atoms with E-state index >= 15 is 0 Å². The van der Waals surface area contributed by atoms with Crippen LogP contribution in [-0.2, 0) is 0 Å². The molecule has 2 nitrogen and oxygen atoms in total. The largest absolute Gasteiger partial charge is 0.302 e. The number of hydrogen-bond acceptors (Lipinski definition) is 2. The first kappa shape index (κ1) is 9.19. The molecule has 0 radical (unpaired) electrons. The third-order valence-corrected chi connectivity index (χ3v) is 1.20. The molecule has 1 atom stereocenters. The lowest BCUT2D eigenvalue weighted by Crippen LogP contribution is -2.25. The average Bonchev–Trinajstić information content (AvgIpc) is 1.87. The van der Waals surface area contributed by atoms with E-state index in [1.807, 2.05) is 13.8 Å². The standard InChI is InChI=1S/C8H14N2/c1-7(2)4-5-10-8(3)6-9/h8,10H,1,4-5H2,2-3H3. The van der Waals surface area contributed by atoms with E-state index in [0.717, 1.165) is 18.5 Å². The van der Waals surface area contributed by atoms with Gasteiger partial charge in [-0.15, -0.1) is 6.58 Å². The summed E-state index contributed by atoms with van der Waals surface area (Å²) in [6.07, 6.45) is 0.950. The van der Waals surface area contributed by atoms with Crippen molar-refractivity contribution in [1.82, 2.24) is 5.32 Å². The predicted molar refractivity (Wildman–Crippen MR) is 42.5 cm³/mol. The summed E-state index contributed by atoms with van der Waals surface area (Å²) in [4.78, 5) is 0. The second-order valence-corrected chi connectivity index (χ2v) is 2.51. The summed E-state index contributed by atoms with van der Waals surface area (Å²) in [6.45, 7) is 8.44. The van der Waals surface area contributed by atoms with Crippen LogP contribution in [0.1, 0.15) is 20.3 Å². The number of nitrogens with one attached hydrogen (secondary N) is 1. The van der Waals surface area contributed by atoms with Crippen molar-refractivity contribution in [3.8, 4) is 6.07 Å². The summed E-state index contributed by atoms with van der Waals surface area (Å²) >= 11 is 0. The highest BCUT2D eigenvalue weighted by Crippen LogP contribution is 1.92. The van der Waals surface area contributed by atoms with Gasteiger partial charge < -0.3 is 5.32 Å². The molecular formula is C8H14N2. The first-order valence-corrected chi connectivity index (χ1v) is 3.44. The molecule has 1 N–H and O–H groups in total. The molecule has 2 heteroatoms. The molecule has 0 aliphatic carbocycles. The van der Waals surface area contributed by atoms with Crippen molar-refractivity contribution < 1.29 is 0 Å². The fourth-order valence-electron chi connectivity index (χ4n) is 0.548. The van der Waals surface area contributed by atoms with Crippen LogP contribution in [0, 0.1) is 11.3 Å². The Morgan fingerprint density at radius 2 is 2.40 bits per heavy atom. The maximum Gasteiger partial charge on any atom is 0.0924 e. The quantitative estimate of drug-likeness (QED) is 0.597. The number of hydrogen-bond donors (Lipinski definition) is 1. The normalized spacial score (nSPS) is 12.1. The first-order valence-electron chi connectivity index (χ1n) is 3.44. The number of nitriles is 1. The van der Waals surface area contributed by atoms with Gasteiger partial charge in [-0.3, -0.25) is 0 Å². The summed E-state index contributed by atoms with van der Waals surface area (Å²) in [5.41, 5.74) is 1.15. The van der Waals surface area contributed by atoms with Crippen LogP contribution in [-0.4, -0.2) is 12.6 Å². The van der Waals surface area contributed by atoms with E-state index in [2.05, 4.69) is 18.0 Å². The summed E-state index contributed by atoms with van der Waals surface area (Å²) < 4.78 is 0. The van der Waals surface area contributed by atoms with Crippen LogP contribution in [0.4, 0.5) is 0 Å². The van der Waals surface area contributed by atoms with Gasteiger partial charge in [-0.05, 0) is 20.3 Å². The molecule has 56 valence electrons. The molecule has 1 unspecified atom stereocenters. The molecule has 0 saturated heterocycles. The molecule has 0 bridgehead atoms. The predicted octanol–water partition coefficient (Wildman–Crippen LogP) is 1.45. The maximum absolute atomic E-state index is 8.37. The molecule has 0 aliphatic rings. The van der Waals surface area contributed by atoms with E-state index in [1.54, 1.807) is 0 Å². The molecule has 10 heavy (non-hydrogen) atoms. The van der Waals surface area contributed by atoms with Gasteiger partial charge in [-0.25, -0.2) is 0 Å². The molecule has 0 aliphatic heterocycles. The Hall–Kier alpha value is -0.810. The Balaban J connectivity index is 3.22. The van der Waals surface area contributed by atoms with Gasteiger partial charge in [0.2, 0.25) is 0 Å². The topological polar surface area (TPSA) is 35.8 Å². The van der Waals surface area contributed by atoms with Gasteiger partial charge in [0.15, 0.2) is 0 Å². The fourth-order valence-corrected chi connectivity index (χ4v) is 0.548. The summed E-state index contributed by atoms with van der Waals surface area (Å²) in [7, 11) is 0.